The second-order valence-electron chi connectivity index (χ2n) is 5.93. The number of nitrogens with zero attached hydrogens (tertiary/aromatic N) is 1. The normalized spacial score (nSPS) is 10.9. The summed E-state index contributed by atoms with van der Waals surface area (Å²) in [4.78, 5) is 18.0. The van der Waals surface area contributed by atoms with Gasteiger partial charge in [0.05, 0.1) is 30.5 Å². The number of thiophene rings is 2. The van der Waals surface area contributed by atoms with Crippen molar-refractivity contribution >= 4 is 44.5 Å². The topological polar surface area (TPSA) is 94.7 Å². The van der Waals surface area contributed by atoms with Gasteiger partial charge in [0.1, 0.15) is 9.71 Å². The Hall–Kier alpha value is -3.10. The van der Waals surface area contributed by atoms with Crippen LogP contribution in [0.1, 0.15) is 9.67 Å². The number of hydrogen-bond donors (Lipinski definition) is 2. The first-order valence-corrected chi connectivity index (χ1v) is 9.95. The zero-order valence-electron chi connectivity index (χ0n) is 15.1. The molecule has 6 nitrogen and oxygen atoms in total. The maximum absolute atomic E-state index is 11.6. The number of fused-ring (bicyclic) bond motifs is 1. The highest BCUT2D eigenvalue weighted by atomic mass is 32.1. The zero-order chi connectivity index (χ0) is 19.8. The smallest absolute Gasteiger partial charge is 0.348 e. The SMILES string of the molecule is COc1ccc(-c2cc(-c3cccs3)nc3sc(C(=O)O)c(N)c23)cc1OC. The molecule has 0 radical (unpaired) electrons. The minimum Gasteiger partial charge on any atom is -0.493 e. The van der Waals surface area contributed by atoms with Gasteiger partial charge in [-0.05, 0) is 40.8 Å². The summed E-state index contributed by atoms with van der Waals surface area (Å²) in [5.41, 5.74) is 8.84. The van der Waals surface area contributed by atoms with E-state index in [1.165, 1.54) is 0 Å². The molecule has 0 aliphatic rings. The predicted molar refractivity (Wildman–Crippen MR) is 113 cm³/mol. The third-order valence-corrected chi connectivity index (χ3v) is 6.34. The van der Waals surface area contributed by atoms with Crippen LogP contribution < -0.4 is 15.2 Å². The summed E-state index contributed by atoms with van der Waals surface area (Å²) < 4.78 is 10.7. The van der Waals surface area contributed by atoms with Crippen molar-refractivity contribution in [3.05, 3.63) is 46.7 Å². The van der Waals surface area contributed by atoms with E-state index in [9.17, 15) is 9.90 Å². The molecule has 3 heterocycles. The Labute approximate surface area is 168 Å². The first-order valence-electron chi connectivity index (χ1n) is 8.26. The molecule has 3 N–H and O–H groups in total. The standard InChI is InChI=1S/C20H16N2O4S2/c1-25-13-6-5-10(8-14(13)26-2)11-9-12(15-4-3-7-27-15)22-19-16(11)17(21)18(28-19)20(23)24/h3-9H,21H2,1-2H3,(H,23,24). The van der Waals surface area contributed by atoms with E-state index in [-0.39, 0.29) is 10.6 Å². The fourth-order valence-electron chi connectivity index (χ4n) is 3.06. The molecule has 4 aromatic rings. The van der Waals surface area contributed by atoms with Gasteiger partial charge in [-0.2, -0.15) is 0 Å². The number of rotatable bonds is 5. The van der Waals surface area contributed by atoms with Gasteiger partial charge in [0, 0.05) is 5.39 Å². The van der Waals surface area contributed by atoms with Crippen LogP contribution in [0.15, 0.2) is 41.8 Å². The number of ether oxygens (including phenoxy) is 2. The summed E-state index contributed by atoms with van der Waals surface area (Å²) in [5.74, 6) is 0.130. The van der Waals surface area contributed by atoms with Crippen LogP contribution in [0.4, 0.5) is 5.69 Å². The van der Waals surface area contributed by atoms with Crippen molar-refractivity contribution < 1.29 is 19.4 Å². The molecule has 0 aliphatic heterocycles. The number of methoxy groups -OCH3 is 2. The number of aromatic nitrogens is 1. The number of carbonyl (C=O) groups is 1. The van der Waals surface area contributed by atoms with Gasteiger partial charge in [0.15, 0.2) is 11.5 Å². The lowest BCUT2D eigenvalue weighted by Crippen LogP contribution is -1.98. The third-order valence-electron chi connectivity index (χ3n) is 4.36. The van der Waals surface area contributed by atoms with Crippen LogP contribution in [0, 0.1) is 0 Å². The fourth-order valence-corrected chi connectivity index (χ4v) is 4.71. The van der Waals surface area contributed by atoms with Gasteiger partial charge in [0.2, 0.25) is 0 Å². The van der Waals surface area contributed by atoms with Crippen molar-refractivity contribution in [2.45, 2.75) is 0 Å². The van der Waals surface area contributed by atoms with Crippen LogP contribution in [0.3, 0.4) is 0 Å². The van der Waals surface area contributed by atoms with Gasteiger partial charge in [-0.15, -0.1) is 22.7 Å². The van der Waals surface area contributed by atoms with Crippen LogP contribution >= 0.6 is 22.7 Å². The molecule has 142 valence electrons. The summed E-state index contributed by atoms with van der Waals surface area (Å²) in [6.07, 6.45) is 0. The number of nitrogens with two attached hydrogens (primary N) is 1. The summed E-state index contributed by atoms with van der Waals surface area (Å²) >= 11 is 2.65. The number of anilines is 1. The molecule has 0 spiro atoms. The minimum absolute atomic E-state index is 0.0903. The van der Waals surface area contributed by atoms with E-state index in [2.05, 4.69) is 4.98 Å². The predicted octanol–water partition coefficient (Wildman–Crippen LogP) is 4.99. The highest BCUT2D eigenvalue weighted by Crippen LogP contribution is 2.43. The van der Waals surface area contributed by atoms with E-state index in [4.69, 9.17) is 15.2 Å². The number of carboxylic acid groups (broad SMARTS) is 1. The van der Waals surface area contributed by atoms with Crippen LogP contribution in [0.25, 0.3) is 31.9 Å². The van der Waals surface area contributed by atoms with Crippen LogP contribution in [-0.2, 0) is 0 Å². The average Bonchev–Trinajstić information content (AvgIpc) is 3.35. The molecular formula is C20H16N2O4S2. The number of pyridine rings is 1. The number of aromatic carboxylic acids is 1. The Bertz CT molecular complexity index is 1180. The highest BCUT2D eigenvalue weighted by Gasteiger charge is 2.22. The summed E-state index contributed by atoms with van der Waals surface area (Å²) in [7, 11) is 3.15. The molecule has 0 fully saturated rings. The molecule has 0 bridgehead atoms. The highest BCUT2D eigenvalue weighted by molar-refractivity contribution is 7.21. The van der Waals surface area contributed by atoms with Crippen LogP contribution in [0.5, 0.6) is 11.5 Å². The molecule has 0 saturated carbocycles. The molecular weight excluding hydrogens is 396 g/mol. The number of hydrogen-bond acceptors (Lipinski definition) is 7. The van der Waals surface area contributed by atoms with Crippen molar-refractivity contribution in [1.82, 2.24) is 4.98 Å². The first kappa shape index (κ1) is 18.3. The summed E-state index contributed by atoms with van der Waals surface area (Å²) in [6, 6.07) is 11.4. The molecule has 0 saturated heterocycles. The molecule has 4 rings (SSSR count). The van der Waals surface area contributed by atoms with Crippen molar-refractivity contribution in [3.63, 3.8) is 0 Å². The van der Waals surface area contributed by atoms with E-state index >= 15 is 0 Å². The van der Waals surface area contributed by atoms with Crippen molar-refractivity contribution in [3.8, 4) is 33.2 Å². The van der Waals surface area contributed by atoms with Crippen LogP contribution in [0.2, 0.25) is 0 Å². The molecule has 3 aromatic heterocycles. The molecule has 0 atom stereocenters. The Morgan fingerprint density at radius 1 is 1.14 bits per heavy atom. The van der Waals surface area contributed by atoms with E-state index in [0.717, 1.165) is 33.0 Å². The van der Waals surface area contributed by atoms with E-state index < -0.39 is 5.97 Å². The van der Waals surface area contributed by atoms with Crippen molar-refractivity contribution in [2.75, 3.05) is 20.0 Å². The Kier molecular flexibility index (Phi) is 4.66. The average molecular weight is 412 g/mol. The number of nitrogen functional groups attached to an aromatic ring is 1. The van der Waals surface area contributed by atoms with E-state index in [1.807, 2.05) is 41.8 Å². The van der Waals surface area contributed by atoms with Crippen LogP contribution in [-0.4, -0.2) is 30.3 Å². The monoisotopic (exact) mass is 412 g/mol. The van der Waals surface area contributed by atoms with Crippen molar-refractivity contribution in [2.24, 2.45) is 0 Å². The maximum Gasteiger partial charge on any atom is 0.348 e. The van der Waals surface area contributed by atoms with E-state index in [1.54, 1.807) is 25.6 Å². The molecule has 0 aliphatic carbocycles. The minimum atomic E-state index is -1.06. The van der Waals surface area contributed by atoms with Gasteiger partial charge in [0.25, 0.3) is 0 Å². The largest absolute Gasteiger partial charge is 0.493 e. The summed E-state index contributed by atoms with van der Waals surface area (Å²) in [6.45, 7) is 0. The zero-order valence-corrected chi connectivity index (χ0v) is 16.7. The third kappa shape index (κ3) is 2.96. The molecule has 0 amide bonds. The van der Waals surface area contributed by atoms with Gasteiger partial charge in [-0.3, -0.25) is 0 Å². The Morgan fingerprint density at radius 2 is 1.93 bits per heavy atom. The van der Waals surface area contributed by atoms with Crippen molar-refractivity contribution in [1.29, 1.82) is 0 Å². The Morgan fingerprint density at radius 3 is 2.57 bits per heavy atom. The number of benzene rings is 1. The fraction of sp³-hybridized carbons (Fsp3) is 0.100. The summed E-state index contributed by atoms with van der Waals surface area (Å²) in [5, 5.41) is 12.1. The molecule has 1 aromatic carbocycles. The number of carboxylic acids is 1. The Balaban J connectivity index is 2.04. The molecule has 8 heteroatoms. The van der Waals surface area contributed by atoms with Gasteiger partial charge < -0.3 is 20.3 Å². The van der Waals surface area contributed by atoms with Gasteiger partial charge in [-0.25, -0.2) is 9.78 Å². The maximum atomic E-state index is 11.6. The molecule has 0 unspecified atom stereocenters. The lowest BCUT2D eigenvalue weighted by atomic mass is 10.0. The lowest BCUT2D eigenvalue weighted by molar-refractivity contribution is 0.0703. The van der Waals surface area contributed by atoms with Gasteiger partial charge >= 0.3 is 5.97 Å². The van der Waals surface area contributed by atoms with Gasteiger partial charge in [-0.1, -0.05) is 12.1 Å². The second-order valence-corrected chi connectivity index (χ2v) is 7.88. The van der Waals surface area contributed by atoms with E-state index in [0.29, 0.717) is 21.7 Å². The quantitative estimate of drug-likeness (QED) is 0.480. The second kappa shape index (κ2) is 7.14. The first-order chi connectivity index (χ1) is 13.5. The lowest BCUT2D eigenvalue weighted by Gasteiger charge is -2.12. The molecule has 28 heavy (non-hydrogen) atoms.